The van der Waals surface area contributed by atoms with Crippen molar-refractivity contribution in [3.05, 3.63) is 157 Å². The standard InChI is InChI=1S/C45H26N4O2/c1-3-12-27(13-4-1)30-18-11-21-39-42(30)33-23-22-29(24-40(33)51-39)44-46-43(28-14-5-2-6-15-28)47-45(48-44)49-36-19-9-7-16-31(36)34-26-41-35(25-37(34)49)32-17-8-10-20-38(32)50-41/h1-26H/i1D,3D,4D,7D,8D,9D,10D,12D,13D,16D,17D,19D,20D,25D. The molecule has 11 rings (SSSR count). The monoisotopic (exact) mass is 668 g/mol. The van der Waals surface area contributed by atoms with Crippen molar-refractivity contribution < 1.29 is 28.0 Å². The Morgan fingerprint density at radius 3 is 2.10 bits per heavy atom. The van der Waals surface area contributed by atoms with Crippen molar-refractivity contribution in [3.8, 4) is 39.9 Å². The highest BCUT2D eigenvalue weighted by Crippen LogP contribution is 2.40. The van der Waals surface area contributed by atoms with Crippen LogP contribution in [0, 0.1) is 0 Å². The molecule has 51 heavy (non-hydrogen) atoms. The van der Waals surface area contributed by atoms with Gasteiger partial charge >= 0.3 is 0 Å². The first kappa shape index (κ1) is 17.6. The summed E-state index contributed by atoms with van der Waals surface area (Å²) in [7, 11) is 0. The van der Waals surface area contributed by atoms with E-state index in [0.29, 0.717) is 38.6 Å². The maximum absolute atomic E-state index is 9.73. The molecule has 0 fully saturated rings. The average Bonchev–Trinajstić information content (AvgIpc) is 4.01. The van der Waals surface area contributed by atoms with Gasteiger partial charge in [-0.25, -0.2) is 4.98 Å². The molecule has 11 aromatic rings. The number of fused-ring (bicyclic) bond motifs is 9. The highest BCUT2D eigenvalue weighted by molar-refractivity contribution is 6.17. The highest BCUT2D eigenvalue weighted by atomic mass is 16.3. The molecule has 0 saturated carbocycles. The normalized spacial score (nSPS) is 15.8. The Labute approximate surface area is 310 Å². The number of hydrogen-bond acceptors (Lipinski definition) is 5. The van der Waals surface area contributed by atoms with Crippen molar-refractivity contribution in [1.82, 2.24) is 19.5 Å². The van der Waals surface area contributed by atoms with Crippen LogP contribution in [0.25, 0.3) is 106 Å². The number of aromatic nitrogens is 4. The van der Waals surface area contributed by atoms with Crippen LogP contribution in [0.15, 0.2) is 166 Å². The van der Waals surface area contributed by atoms with Gasteiger partial charge in [0.1, 0.15) is 22.3 Å². The molecule has 0 aliphatic heterocycles. The van der Waals surface area contributed by atoms with Gasteiger partial charge in [0.2, 0.25) is 5.95 Å². The first-order chi connectivity index (χ1) is 31.1. The second-order valence-electron chi connectivity index (χ2n) is 11.8. The van der Waals surface area contributed by atoms with Gasteiger partial charge in [-0.3, -0.25) is 4.57 Å². The maximum Gasteiger partial charge on any atom is 0.238 e. The lowest BCUT2D eigenvalue weighted by molar-refractivity contribution is 0.669. The summed E-state index contributed by atoms with van der Waals surface area (Å²) in [4.78, 5) is 14.6. The average molecular weight is 669 g/mol. The van der Waals surface area contributed by atoms with Crippen molar-refractivity contribution in [1.29, 1.82) is 0 Å². The Balaban J connectivity index is 1.22. The molecule has 0 N–H and O–H groups in total. The van der Waals surface area contributed by atoms with E-state index in [4.69, 9.17) is 40.2 Å². The summed E-state index contributed by atoms with van der Waals surface area (Å²) in [5, 5.41) is 1.22. The van der Waals surface area contributed by atoms with E-state index in [2.05, 4.69) is 0 Å². The third-order valence-electron chi connectivity index (χ3n) is 8.90. The molecule has 0 spiro atoms. The van der Waals surface area contributed by atoms with Crippen LogP contribution in [0.2, 0.25) is 0 Å². The van der Waals surface area contributed by atoms with Gasteiger partial charge < -0.3 is 8.83 Å². The van der Waals surface area contributed by atoms with Crippen LogP contribution in [0.3, 0.4) is 0 Å². The zero-order valence-corrected chi connectivity index (χ0v) is 26.0. The van der Waals surface area contributed by atoms with E-state index < -0.39 is 66.5 Å². The van der Waals surface area contributed by atoms with Crippen molar-refractivity contribution in [3.63, 3.8) is 0 Å². The van der Waals surface area contributed by atoms with E-state index >= 15 is 0 Å². The quantitative estimate of drug-likeness (QED) is 0.187. The van der Waals surface area contributed by atoms with Crippen molar-refractivity contribution in [2.45, 2.75) is 0 Å². The molecule has 4 aromatic heterocycles. The van der Waals surface area contributed by atoms with Gasteiger partial charge in [-0.05, 0) is 53.5 Å². The topological polar surface area (TPSA) is 69.9 Å². The summed E-state index contributed by atoms with van der Waals surface area (Å²) in [5.74, 6) is 0.105. The zero-order valence-electron chi connectivity index (χ0n) is 40.0. The minimum atomic E-state index is -0.558. The van der Waals surface area contributed by atoms with E-state index in [0.717, 1.165) is 0 Å². The fourth-order valence-corrected chi connectivity index (χ4v) is 6.66. The minimum Gasteiger partial charge on any atom is -0.456 e. The summed E-state index contributed by atoms with van der Waals surface area (Å²) in [6, 6.07) is 14.2. The van der Waals surface area contributed by atoms with E-state index in [9.17, 15) is 2.74 Å². The molecule has 0 aliphatic carbocycles. The van der Waals surface area contributed by atoms with Gasteiger partial charge in [-0.15, -0.1) is 0 Å². The van der Waals surface area contributed by atoms with E-state index in [-0.39, 0.29) is 85.0 Å². The first-order valence-electron chi connectivity index (χ1n) is 22.8. The lowest BCUT2D eigenvalue weighted by Crippen LogP contribution is -2.06. The van der Waals surface area contributed by atoms with Crippen LogP contribution in [-0.4, -0.2) is 19.5 Å². The van der Waals surface area contributed by atoms with Crippen LogP contribution < -0.4 is 0 Å². The van der Waals surface area contributed by atoms with E-state index in [1.807, 2.05) is 6.07 Å². The Kier molecular flexibility index (Phi) is 3.69. The summed E-state index contributed by atoms with van der Waals surface area (Å²) in [6.07, 6.45) is 0. The van der Waals surface area contributed by atoms with Crippen LogP contribution >= 0.6 is 0 Å². The molecule has 6 nitrogen and oxygen atoms in total. The SMILES string of the molecule is [2H]c1c([2H])c([2H])c(-c2cccc3oc4cc(-c5nc(-c6ccccc6)nc(-n6c7c([2H])c8c(cc7c7c([2H])c([2H])c([2H])c([2H])c76)oc6c([2H])c([2H])c([2H])c([2H])c68)n5)ccc4c23)c([2H])c1[2H]. The van der Waals surface area contributed by atoms with Crippen molar-refractivity contribution in [2.75, 3.05) is 0 Å². The minimum absolute atomic E-state index is 0.00568. The molecule has 0 aliphatic rings. The van der Waals surface area contributed by atoms with Crippen LogP contribution in [-0.2, 0) is 0 Å². The number of benzene rings is 7. The molecular formula is C45H26N4O2. The molecule has 0 radical (unpaired) electrons. The largest absolute Gasteiger partial charge is 0.456 e. The summed E-state index contributed by atoms with van der Waals surface area (Å²) in [5.41, 5.74) is 1.85. The number of furan rings is 2. The molecule has 0 atom stereocenters. The third-order valence-corrected chi connectivity index (χ3v) is 8.90. The molecule has 4 heterocycles. The molecule has 0 bridgehead atoms. The summed E-state index contributed by atoms with van der Waals surface area (Å²) < 4.78 is 135. The summed E-state index contributed by atoms with van der Waals surface area (Å²) >= 11 is 0. The molecule has 238 valence electrons. The van der Waals surface area contributed by atoms with Crippen molar-refractivity contribution in [2.24, 2.45) is 0 Å². The maximum atomic E-state index is 9.73. The predicted octanol–water partition coefficient (Wildman–Crippen LogP) is 11.8. The lowest BCUT2D eigenvalue weighted by Gasteiger charge is -2.11. The Morgan fingerprint density at radius 1 is 0.471 bits per heavy atom. The molecule has 7 aromatic carbocycles. The first-order valence-corrected chi connectivity index (χ1v) is 15.8. The van der Waals surface area contributed by atoms with Gasteiger partial charge in [0, 0.05) is 43.4 Å². The molecule has 0 amide bonds. The van der Waals surface area contributed by atoms with Crippen molar-refractivity contribution >= 4 is 65.7 Å². The van der Waals surface area contributed by atoms with Gasteiger partial charge in [-0.2, -0.15) is 9.97 Å². The number of hydrogen-bond donors (Lipinski definition) is 0. The third kappa shape index (κ3) is 4.26. The highest BCUT2D eigenvalue weighted by Gasteiger charge is 2.21. The van der Waals surface area contributed by atoms with E-state index in [1.54, 1.807) is 60.7 Å². The van der Waals surface area contributed by atoms with Crippen LogP contribution in [0.4, 0.5) is 0 Å². The molecule has 6 heteroatoms. The number of para-hydroxylation sites is 2. The fraction of sp³-hybridized carbons (Fsp3) is 0. The van der Waals surface area contributed by atoms with Gasteiger partial charge in [0.05, 0.1) is 30.2 Å². The lowest BCUT2D eigenvalue weighted by atomic mass is 9.99. The second-order valence-corrected chi connectivity index (χ2v) is 11.8. The fourth-order valence-electron chi connectivity index (χ4n) is 6.66. The Bertz CT molecular complexity index is 3930. The zero-order chi connectivity index (χ0) is 45.7. The molecule has 0 unspecified atom stereocenters. The van der Waals surface area contributed by atoms with Gasteiger partial charge in [-0.1, -0.05) is 115 Å². The number of nitrogens with zero attached hydrogens (tertiary/aromatic N) is 4. The second kappa shape index (κ2) is 10.7. The van der Waals surface area contributed by atoms with Gasteiger partial charge in [0.15, 0.2) is 11.6 Å². The molecule has 0 saturated heterocycles. The van der Waals surface area contributed by atoms with Crippen LogP contribution in [0.1, 0.15) is 19.2 Å². The Morgan fingerprint density at radius 2 is 1.22 bits per heavy atom. The van der Waals surface area contributed by atoms with E-state index in [1.165, 1.54) is 10.6 Å². The number of rotatable bonds is 4. The molecular weight excluding hydrogens is 629 g/mol. The van der Waals surface area contributed by atoms with Crippen LogP contribution in [0.5, 0.6) is 0 Å². The smallest absolute Gasteiger partial charge is 0.238 e. The predicted molar refractivity (Wildman–Crippen MR) is 205 cm³/mol. The van der Waals surface area contributed by atoms with Gasteiger partial charge in [0.25, 0.3) is 0 Å². The Hall–Kier alpha value is -7.05. The summed E-state index contributed by atoms with van der Waals surface area (Å²) in [6.45, 7) is 0.